The van der Waals surface area contributed by atoms with Crippen molar-refractivity contribution < 1.29 is 25.5 Å². The summed E-state index contributed by atoms with van der Waals surface area (Å²) in [5.41, 5.74) is 0. The Bertz CT molecular complexity index is 226. The number of aliphatic hydroxyl groups excluding tert-OH is 2. The van der Waals surface area contributed by atoms with Crippen LogP contribution in [-0.4, -0.2) is 38.7 Å². The fourth-order valence-electron chi connectivity index (χ4n) is 0.519. The van der Waals surface area contributed by atoms with Gasteiger partial charge in [-0.1, -0.05) is 6.07 Å². The first-order chi connectivity index (χ1) is 6.13. The molecule has 0 saturated carbocycles. The highest BCUT2D eigenvalue weighted by atomic mass is 16.3. The van der Waals surface area contributed by atoms with Gasteiger partial charge >= 0.3 is 0 Å². The molecule has 0 aliphatic carbocycles. The summed E-state index contributed by atoms with van der Waals surface area (Å²) in [7, 11) is 0. The Hall–Kier alpha value is -1.46. The minimum atomic E-state index is -0.475. The number of rotatable bonds is 1. The zero-order valence-corrected chi connectivity index (χ0v) is 6.88. The lowest BCUT2D eigenvalue weighted by molar-refractivity contribution is 0.186. The molecule has 5 N–H and O–H groups in total. The molecule has 0 fully saturated rings. The number of hydrogen-bond acceptors (Lipinski definition) is 5. The highest BCUT2D eigenvalue weighted by Crippen LogP contribution is 2.32. The van der Waals surface area contributed by atoms with E-state index in [1.165, 1.54) is 18.2 Å². The van der Waals surface area contributed by atoms with Gasteiger partial charge in [0.25, 0.3) is 0 Å². The van der Waals surface area contributed by atoms with Gasteiger partial charge in [0, 0.05) is 0 Å². The van der Waals surface area contributed by atoms with Crippen LogP contribution in [0.25, 0.3) is 0 Å². The highest BCUT2D eigenvalue weighted by molar-refractivity contribution is 5.47. The Kier molecular flexibility index (Phi) is 5.42. The highest BCUT2D eigenvalue weighted by Gasteiger charge is 2.00. The minimum Gasteiger partial charge on any atom is -0.504 e. The van der Waals surface area contributed by atoms with E-state index in [1.54, 1.807) is 0 Å². The standard InChI is InChI=1S/C6H6O3.C2H6O2/c7-4-2-1-3-5(8)6(4)9;3-1-2-4/h1-3,7-9H;3-4H,1-2H2. The van der Waals surface area contributed by atoms with E-state index in [0.29, 0.717) is 0 Å². The van der Waals surface area contributed by atoms with Crippen molar-refractivity contribution in [2.75, 3.05) is 13.2 Å². The van der Waals surface area contributed by atoms with Gasteiger partial charge in [-0.2, -0.15) is 0 Å². The minimum absolute atomic E-state index is 0.125. The van der Waals surface area contributed by atoms with Gasteiger partial charge in [0.1, 0.15) is 0 Å². The fraction of sp³-hybridized carbons (Fsp3) is 0.250. The summed E-state index contributed by atoms with van der Waals surface area (Å²) >= 11 is 0. The van der Waals surface area contributed by atoms with E-state index in [9.17, 15) is 0 Å². The molecule has 0 aromatic heterocycles. The van der Waals surface area contributed by atoms with E-state index < -0.39 is 5.75 Å². The predicted molar refractivity (Wildman–Crippen MR) is 45.6 cm³/mol. The van der Waals surface area contributed by atoms with Crippen molar-refractivity contribution in [1.82, 2.24) is 0 Å². The summed E-state index contributed by atoms with van der Waals surface area (Å²) in [6.45, 7) is -0.250. The summed E-state index contributed by atoms with van der Waals surface area (Å²) in [6.07, 6.45) is 0. The van der Waals surface area contributed by atoms with E-state index in [4.69, 9.17) is 25.5 Å². The number of aromatic hydroxyl groups is 3. The van der Waals surface area contributed by atoms with Crippen LogP contribution in [0.15, 0.2) is 18.2 Å². The maximum absolute atomic E-state index is 8.71. The number of aliphatic hydroxyl groups is 2. The number of benzene rings is 1. The SMILES string of the molecule is OCCO.Oc1cccc(O)c1O. The Morgan fingerprint density at radius 3 is 1.46 bits per heavy atom. The smallest absolute Gasteiger partial charge is 0.200 e. The maximum Gasteiger partial charge on any atom is 0.200 e. The molecule has 0 amide bonds. The maximum atomic E-state index is 8.71. The molecule has 0 saturated heterocycles. The fourth-order valence-corrected chi connectivity index (χ4v) is 0.519. The van der Waals surface area contributed by atoms with Gasteiger partial charge in [-0.3, -0.25) is 0 Å². The second-order valence-electron chi connectivity index (χ2n) is 2.09. The summed E-state index contributed by atoms with van der Waals surface area (Å²) in [5.74, 6) is -1.09. The van der Waals surface area contributed by atoms with Crippen molar-refractivity contribution in [3.8, 4) is 17.2 Å². The molecule has 0 radical (unpaired) electrons. The van der Waals surface area contributed by atoms with Crippen molar-refractivity contribution in [2.24, 2.45) is 0 Å². The van der Waals surface area contributed by atoms with Crippen molar-refractivity contribution in [2.45, 2.75) is 0 Å². The number of phenols is 3. The number of hydrogen-bond donors (Lipinski definition) is 5. The average molecular weight is 188 g/mol. The van der Waals surface area contributed by atoms with Gasteiger partial charge in [0.15, 0.2) is 17.2 Å². The first kappa shape index (κ1) is 11.5. The molecule has 0 aliphatic heterocycles. The predicted octanol–water partition coefficient (Wildman–Crippen LogP) is -0.226. The molecule has 0 aliphatic rings. The quantitative estimate of drug-likeness (QED) is 0.392. The molecule has 1 rings (SSSR count). The molecule has 5 heteroatoms. The molecule has 1 aromatic rings. The van der Waals surface area contributed by atoms with Crippen molar-refractivity contribution >= 4 is 0 Å². The molecule has 13 heavy (non-hydrogen) atoms. The van der Waals surface area contributed by atoms with E-state index in [0.717, 1.165) is 0 Å². The monoisotopic (exact) mass is 188 g/mol. The Morgan fingerprint density at radius 2 is 1.23 bits per heavy atom. The van der Waals surface area contributed by atoms with Gasteiger partial charge < -0.3 is 25.5 Å². The van der Waals surface area contributed by atoms with Crippen LogP contribution in [0.5, 0.6) is 17.2 Å². The molecule has 0 heterocycles. The van der Waals surface area contributed by atoms with Crippen LogP contribution >= 0.6 is 0 Å². The third-order valence-electron chi connectivity index (χ3n) is 1.09. The van der Waals surface area contributed by atoms with Crippen LogP contribution in [0.4, 0.5) is 0 Å². The first-order valence-corrected chi connectivity index (χ1v) is 3.55. The van der Waals surface area contributed by atoms with E-state index >= 15 is 0 Å². The molecule has 0 atom stereocenters. The molecule has 5 nitrogen and oxygen atoms in total. The molecule has 0 bridgehead atoms. The van der Waals surface area contributed by atoms with Crippen molar-refractivity contribution in [1.29, 1.82) is 0 Å². The van der Waals surface area contributed by atoms with Gasteiger partial charge in [-0.15, -0.1) is 0 Å². The zero-order chi connectivity index (χ0) is 10.3. The summed E-state index contributed by atoms with van der Waals surface area (Å²) in [4.78, 5) is 0. The van der Waals surface area contributed by atoms with E-state index in [2.05, 4.69) is 0 Å². The van der Waals surface area contributed by atoms with Crippen molar-refractivity contribution in [3.63, 3.8) is 0 Å². The van der Waals surface area contributed by atoms with Gasteiger partial charge in [-0.05, 0) is 12.1 Å². The number of para-hydroxylation sites is 1. The lowest BCUT2D eigenvalue weighted by Crippen LogP contribution is -1.85. The molecule has 0 unspecified atom stereocenters. The molecular formula is C8H12O5. The van der Waals surface area contributed by atoms with Gasteiger partial charge in [-0.25, -0.2) is 0 Å². The van der Waals surface area contributed by atoms with Crippen LogP contribution in [-0.2, 0) is 0 Å². The summed E-state index contributed by atoms with van der Waals surface area (Å²) < 4.78 is 0. The lowest BCUT2D eigenvalue weighted by atomic mass is 10.3. The number of phenolic OH excluding ortho intramolecular Hbond substituents is 3. The van der Waals surface area contributed by atoms with Crippen LogP contribution in [0.3, 0.4) is 0 Å². The molecular weight excluding hydrogens is 176 g/mol. The Balaban J connectivity index is 0.000000310. The molecule has 1 aromatic carbocycles. The third-order valence-corrected chi connectivity index (χ3v) is 1.09. The Morgan fingerprint density at radius 1 is 0.846 bits per heavy atom. The summed E-state index contributed by atoms with van der Waals surface area (Å²) in [5, 5.41) is 41.3. The normalized spacial score (nSPS) is 8.77. The largest absolute Gasteiger partial charge is 0.504 e. The molecule has 74 valence electrons. The lowest BCUT2D eigenvalue weighted by Gasteiger charge is -1.96. The Labute approximate surface area is 75.1 Å². The zero-order valence-electron chi connectivity index (χ0n) is 6.88. The third kappa shape index (κ3) is 4.19. The second-order valence-corrected chi connectivity index (χ2v) is 2.09. The van der Waals surface area contributed by atoms with Gasteiger partial charge in [0.2, 0.25) is 0 Å². The summed E-state index contributed by atoms with van der Waals surface area (Å²) in [6, 6.07) is 4.01. The van der Waals surface area contributed by atoms with Gasteiger partial charge in [0.05, 0.1) is 13.2 Å². The van der Waals surface area contributed by atoms with Crippen LogP contribution in [0, 0.1) is 0 Å². The van der Waals surface area contributed by atoms with E-state index in [1.807, 2.05) is 0 Å². The van der Waals surface area contributed by atoms with Crippen LogP contribution in [0.2, 0.25) is 0 Å². The van der Waals surface area contributed by atoms with Crippen LogP contribution in [0.1, 0.15) is 0 Å². The first-order valence-electron chi connectivity index (χ1n) is 3.55. The molecule has 0 spiro atoms. The average Bonchev–Trinajstić information content (AvgIpc) is 2.14. The van der Waals surface area contributed by atoms with Crippen molar-refractivity contribution in [3.05, 3.63) is 18.2 Å². The van der Waals surface area contributed by atoms with E-state index in [-0.39, 0.29) is 24.7 Å². The topological polar surface area (TPSA) is 101 Å². The van der Waals surface area contributed by atoms with Crippen LogP contribution < -0.4 is 0 Å². The second kappa shape index (κ2) is 6.10.